The molecule has 0 radical (unpaired) electrons. The molecular formula is C10H13N3O2. The highest BCUT2D eigenvalue weighted by Crippen LogP contribution is 2.12. The first kappa shape index (κ1) is 9.95. The van der Waals surface area contributed by atoms with Crippen LogP contribution in [-0.2, 0) is 18.3 Å². The molecule has 0 atom stereocenters. The Morgan fingerprint density at radius 2 is 2.33 bits per heavy atom. The van der Waals surface area contributed by atoms with Gasteiger partial charge in [-0.25, -0.2) is 10.7 Å². The van der Waals surface area contributed by atoms with E-state index in [1.807, 2.05) is 18.2 Å². The minimum atomic E-state index is -0.0998. The van der Waals surface area contributed by atoms with Gasteiger partial charge in [0.1, 0.15) is 0 Å². The van der Waals surface area contributed by atoms with Gasteiger partial charge in [0.15, 0.2) is 0 Å². The molecule has 5 nitrogen and oxygen atoms in total. The van der Waals surface area contributed by atoms with E-state index in [1.165, 1.54) is 0 Å². The average molecular weight is 207 g/mol. The molecule has 5 heteroatoms. The van der Waals surface area contributed by atoms with Crippen LogP contribution in [0.2, 0.25) is 0 Å². The standard InChI is InChI=1S/C10H13N3O2/c1-13-9-3-2-7(4-5-15-11)6-8(9)12-10(13)14/h2-3,6H,4-5,11H2,1H3,(H,12,14). The number of H-pyrrole nitrogens is 1. The van der Waals surface area contributed by atoms with E-state index in [2.05, 4.69) is 9.82 Å². The molecule has 0 saturated heterocycles. The minimum absolute atomic E-state index is 0.0998. The maximum atomic E-state index is 11.3. The van der Waals surface area contributed by atoms with Crippen LogP contribution >= 0.6 is 0 Å². The molecule has 1 aromatic carbocycles. The van der Waals surface area contributed by atoms with Gasteiger partial charge in [-0.2, -0.15) is 0 Å². The van der Waals surface area contributed by atoms with Gasteiger partial charge >= 0.3 is 5.69 Å². The quantitative estimate of drug-likeness (QED) is 0.711. The Bertz CT molecular complexity index is 527. The van der Waals surface area contributed by atoms with Gasteiger partial charge in [-0.3, -0.25) is 4.57 Å². The molecule has 1 heterocycles. The summed E-state index contributed by atoms with van der Waals surface area (Å²) in [5.41, 5.74) is 2.74. The molecule has 2 aromatic rings. The lowest BCUT2D eigenvalue weighted by atomic mass is 10.1. The predicted molar refractivity (Wildman–Crippen MR) is 57.4 cm³/mol. The highest BCUT2D eigenvalue weighted by Gasteiger charge is 2.03. The first-order valence-electron chi connectivity index (χ1n) is 4.71. The fraction of sp³-hybridized carbons (Fsp3) is 0.300. The van der Waals surface area contributed by atoms with Crippen molar-refractivity contribution in [3.63, 3.8) is 0 Å². The van der Waals surface area contributed by atoms with Crippen molar-refractivity contribution in [1.82, 2.24) is 9.55 Å². The van der Waals surface area contributed by atoms with Crippen molar-refractivity contribution in [2.24, 2.45) is 12.9 Å². The summed E-state index contributed by atoms with van der Waals surface area (Å²) in [5, 5.41) is 0. The third-order valence-corrected chi connectivity index (χ3v) is 2.48. The zero-order valence-electron chi connectivity index (χ0n) is 8.49. The molecule has 0 aliphatic heterocycles. The first-order valence-corrected chi connectivity index (χ1v) is 4.71. The number of fused-ring (bicyclic) bond motifs is 1. The number of aromatic amines is 1. The van der Waals surface area contributed by atoms with Gasteiger partial charge in [-0.1, -0.05) is 6.07 Å². The lowest BCUT2D eigenvalue weighted by Gasteiger charge is -2.00. The SMILES string of the molecule is Cn1c(=O)[nH]c2cc(CCON)ccc21. The second-order valence-electron chi connectivity index (χ2n) is 3.46. The molecule has 2 rings (SSSR count). The fourth-order valence-corrected chi connectivity index (χ4v) is 1.62. The number of aromatic nitrogens is 2. The molecular weight excluding hydrogens is 194 g/mol. The zero-order chi connectivity index (χ0) is 10.8. The smallest absolute Gasteiger partial charge is 0.306 e. The van der Waals surface area contributed by atoms with Gasteiger partial charge in [0.05, 0.1) is 17.6 Å². The Kier molecular flexibility index (Phi) is 2.57. The van der Waals surface area contributed by atoms with Crippen molar-refractivity contribution >= 4 is 11.0 Å². The monoisotopic (exact) mass is 207 g/mol. The number of rotatable bonds is 3. The van der Waals surface area contributed by atoms with Crippen molar-refractivity contribution in [2.45, 2.75) is 6.42 Å². The summed E-state index contributed by atoms with van der Waals surface area (Å²) in [6.45, 7) is 0.475. The number of benzene rings is 1. The van der Waals surface area contributed by atoms with E-state index in [4.69, 9.17) is 5.90 Å². The van der Waals surface area contributed by atoms with Gasteiger partial charge in [0.2, 0.25) is 0 Å². The van der Waals surface area contributed by atoms with Gasteiger partial charge in [0.25, 0.3) is 0 Å². The van der Waals surface area contributed by atoms with Crippen LogP contribution in [-0.4, -0.2) is 16.2 Å². The summed E-state index contributed by atoms with van der Waals surface area (Å²) < 4.78 is 1.58. The molecule has 0 spiro atoms. The summed E-state index contributed by atoms with van der Waals surface area (Å²) in [6, 6.07) is 5.82. The summed E-state index contributed by atoms with van der Waals surface area (Å²) in [7, 11) is 1.74. The number of hydrogen-bond acceptors (Lipinski definition) is 3. The van der Waals surface area contributed by atoms with Crippen molar-refractivity contribution in [3.8, 4) is 0 Å². The number of hydrogen-bond donors (Lipinski definition) is 2. The number of imidazole rings is 1. The van der Waals surface area contributed by atoms with Crippen molar-refractivity contribution in [1.29, 1.82) is 0 Å². The molecule has 80 valence electrons. The molecule has 0 amide bonds. The largest absolute Gasteiger partial charge is 0.326 e. The highest BCUT2D eigenvalue weighted by atomic mass is 16.6. The molecule has 15 heavy (non-hydrogen) atoms. The maximum absolute atomic E-state index is 11.3. The number of nitrogens with zero attached hydrogens (tertiary/aromatic N) is 1. The fourth-order valence-electron chi connectivity index (χ4n) is 1.62. The van der Waals surface area contributed by atoms with E-state index in [1.54, 1.807) is 11.6 Å². The molecule has 0 aliphatic rings. The second-order valence-corrected chi connectivity index (χ2v) is 3.46. The minimum Gasteiger partial charge on any atom is -0.306 e. The van der Waals surface area contributed by atoms with E-state index in [-0.39, 0.29) is 5.69 Å². The molecule has 0 fully saturated rings. The van der Waals surface area contributed by atoms with Crippen molar-refractivity contribution in [2.75, 3.05) is 6.61 Å². The maximum Gasteiger partial charge on any atom is 0.326 e. The number of aryl methyl sites for hydroxylation is 1. The van der Waals surface area contributed by atoms with Crippen LogP contribution in [0.25, 0.3) is 11.0 Å². The molecule has 0 saturated carbocycles. The van der Waals surface area contributed by atoms with E-state index in [0.717, 1.165) is 23.0 Å². The first-order chi connectivity index (χ1) is 7.22. The Morgan fingerprint density at radius 1 is 1.53 bits per heavy atom. The van der Waals surface area contributed by atoms with Crippen LogP contribution in [0.4, 0.5) is 0 Å². The van der Waals surface area contributed by atoms with Gasteiger partial charge in [0, 0.05) is 7.05 Å². The Hall–Kier alpha value is -1.59. The van der Waals surface area contributed by atoms with Crippen molar-refractivity contribution < 1.29 is 4.84 Å². The third kappa shape index (κ3) is 1.79. The van der Waals surface area contributed by atoms with E-state index in [9.17, 15) is 4.79 Å². The molecule has 3 N–H and O–H groups in total. The topological polar surface area (TPSA) is 73.0 Å². The van der Waals surface area contributed by atoms with E-state index in [0.29, 0.717) is 6.61 Å². The highest BCUT2D eigenvalue weighted by molar-refractivity contribution is 5.75. The molecule has 1 aromatic heterocycles. The lowest BCUT2D eigenvalue weighted by molar-refractivity contribution is 0.141. The second kappa shape index (κ2) is 3.88. The van der Waals surface area contributed by atoms with Crippen LogP contribution in [0, 0.1) is 0 Å². The van der Waals surface area contributed by atoms with Crippen LogP contribution < -0.4 is 11.6 Å². The van der Waals surface area contributed by atoms with Gasteiger partial charge < -0.3 is 9.82 Å². The van der Waals surface area contributed by atoms with E-state index < -0.39 is 0 Å². The predicted octanol–water partition coefficient (Wildman–Crippen LogP) is 0.299. The Morgan fingerprint density at radius 3 is 3.07 bits per heavy atom. The number of nitrogens with two attached hydrogens (primary N) is 1. The van der Waals surface area contributed by atoms with Crippen LogP contribution in [0.5, 0.6) is 0 Å². The summed E-state index contributed by atoms with van der Waals surface area (Å²) in [4.78, 5) is 18.6. The van der Waals surface area contributed by atoms with Gasteiger partial charge in [-0.15, -0.1) is 0 Å². The normalized spacial score (nSPS) is 11.1. The lowest BCUT2D eigenvalue weighted by Crippen LogP contribution is -2.11. The van der Waals surface area contributed by atoms with Crippen LogP contribution in [0.15, 0.2) is 23.0 Å². The third-order valence-electron chi connectivity index (χ3n) is 2.48. The van der Waals surface area contributed by atoms with Crippen molar-refractivity contribution in [3.05, 3.63) is 34.2 Å². The molecule has 0 aliphatic carbocycles. The Labute approximate surface area is 86.4 Å². The summed E-state index contributed by atoms with van der Waals surface area (Å²) >= 11 is 0. The zero-order valence-corrected chi connectivity index (χ0v) is 8.49. The molecule has 0 unspecified atom stereocenters. The van der Waals surface area contributed by atoms with Crippen LogP contribution in [0.3, 0.4) is 0 Å². The summed E-state index contributed by atoms with van der Waals surface area (Å²) in [6.07, 6.45) is 0.739. The van der Waals surface area contributed by atoms with Gasteiger partial charge in [-0.05, 0) is 24.1 Å². The summed E-state index contributed by atoms with van der Waals surface area (Å²) in [5.74, 6) is 4.96. The molecule has 0 bridgehead atoms. The Balaban J connectivity index is 2.43. The number of nitrogens with one attached hydrogen (secondary N) is 1. The van der Waals surface area contributed by atoms with Crippen LogP contribution in [0.1, 0.15) is 5.56 Å². The van der Waals surface area contributed by atoms with E-state index >= 15 is 0 Å². The average Bonchev–Trinajstić information content (AvgIpc) is 2.52.